The van der Waals surface area contributed by atoms with Crippen LogP contribution in [0.3, 0.4) is 0 Å². The first-order valence-corrected chi connectivity index (χ1v) is 7.18. The summed E-state index contributed by atoms with van der Waals surface area (Å²) in [7, 11) is 0. The lowest BCUT2D eigenvalue weighted by Gasteiger charge is -2.14. The van der Waals surface area contributed by atoms with Gasteiger partial charge in [0.2, 0.25) is 0 Å². The summed E-state index contributed by atoms with van der Waals surface area (Å²) in [6.07, 6.45) is 3.55. The van der Waals surface area contributed by atoms with Crippen molar-refractivity contribution in [2.24, 2.45) is 0 Å². The maximum Gasteiger partial charge on any atom is 0.305 e. The average molecular weight is 296 g/mol. The summed E-state index contributed by atoms with van der Waals surface area (Å²) >= 11 is 5.95. The highest BCUT2D eigenvalue weighted by atomic mass is 35.5. The monoisotopic (exact) mass is 295 g/mol. The zero-order chi connectivity index (χ0) is 14.7. The second-order valence-electron chi connectivity index (χ2n) is 4.78. The number of nitrogens with zero attached hydrogens (tertiary/aromatic N) is 3. The third-order valence-corrected chi connectivity index (χ3v) is 3.69. The van der Waals surface area contributed by atoms with Gasteiger partial charge in [-0.3, -0.25) is 4.79 Å². The van der Waals surface area contributed by atoms with E-state index < -0.39 is 5.97 Å². The molecule has 0 fully saturated rings. The van der Waals surface area contributed by atoms with Gasteiger partial charge in [0.05, 0.1) is 11.4 Å². The van der Waals surface area contributed by atoms with Crippen LogP contribution in [-0.2, 0) is 11.3 Å². The van der Waals surface area contributed by atoms with Crippen LogP contribution >= 0.6 is 11.6 Å². The van der Waals surface area contributed by atoms with Crippen LogP contribution in [0, 0.1) is 0 Å². The molecule has 0 unspecified atom stereocenters. The van der Waals surface area contributed by atoms with Crippen molar-refractivity contribution in [1.82, 2.24) is 14.5 Å². The lowest BCUT2D eigenvalue weighted by molar-refractivity contribution is -0.137. The van der Waals surface area contributed by atoms with Crippen LogP contribution in [0.1, 0.15) is 44.9 Å². The van der Waals surface area contributed by atoms with Crippen LogP contribution in [-0.4, -0.2) is 25.6 Å². The summed E-state index contributed by atoms with van der Waals surface area (Å²) in [4.78, 5) is 19.8. The van der Waals surface area contributed by atoms with Gasteiger partial charge < -0.3 is 9.67 Å². The Morgan fingerprint density at radius 2 is 2.15 bits per heavy atom. The Morgan fingerprint density at radius 3 is 2.75 bits per heavy atom. The summed E-state index contributed by atoms with van der Waals surface area (Å²) in [5, 5.41) is 9.44. The van der Waals surface area contributed by atoms with Gasteiger partial charge in [-0.1, -0.05) is 25.4 Å². The van der Waals surface area contributed by atoms with Gasteiger partial charge in [0.25, 0.3) is 0 Å². The van der Waals surface area contributed by atoms with Crippen LogP contribution in [0.5, 0.6) is 0 Å². The van der Waals surface area contributed by atoms with E-state index in [2.05, 4.69) is 23.8 Å². The van der Waals surface area contributed by atoms with Crippen molar-refractivity contribution in [2.45, 2.75) is 45.6 Å². The van der Waals surface area contributed by atoms with Crippen LogP contribution in [0.15, 0.2) is 12.3 Å². The number of hydrogen-bond donors (Lipinski definition) is 1. The van der Waals surface area contributed by atoms with Gasteiger partial charge in [0.1, 0.15) is 11.3 Å². The molecular weight excluding hydrogens is 278 g/mol. The highest BCUT2D eigenvalue weighted by Crippen LogP contribution is 2.27. The lowest BCUT2D eigenvalue weighted by atomic mass is 10.0. The first-order chi connectivity index (χ1) is 9.56. The van der Waals surface area contributed by atoms with Gasteiger partial charge in [-0.05, 0) is 18.9 Å². The predicted molar refractivity (Wildman–Crippen MR) is 78.1 cm³/mol. The van der Waals surface area contributed by atoms with E-state index in [1.54, 1.807) is 12.3 Å². The fourth-order valence-corrected chi connectivity index (χ4v) is 2.55. The summed E-state index contributed by atoms with van der Waals surface area (Å²) in [6.45, 7) is 4.59. The van der Waals surface area contributed by atoms with E-state index in [0.717, 1.165) is 24.2 Å². The molecule has 108 valence electrons. The Hall–Kier alpha value is -1.62. The van der Waals surface area contributed by atoms with E-state index in [1.165, 1.54) is 0 Å². The van der Waals surface area contributed by atoms with Crippen LogP contribution in [0.25, 0.3) is 11.2 Å². The first-order valence-electron chi connectivity index (χ1n) is 6.80. The van der Waals surface area contributed by atoms with E-state index in [0.29, 0.717) is 23.1 Å². The van der Waals surface area contributed by atoms with Gasteiger partial charge in [0.15, 0.2) is 5.65 Å². The highest BCUT2D eigenvalue weighted by Gasteiger charge is 2.19. The number of carbonyl (C=O) groups is 1. The lowest BCUT2D eigenvalue weighted by Crippen LogP contribution is -2.11. The number of halogens is 1. The number of rotatable bonds is 6. The topological polar surface area (TPSA) is 68.0 Å². The standard InChI is InChI=1S/C14H18ClN3O2/c1-3-9(4-2)13-17-11-7-10(15)8-16-14(11)18(13)6-5-12(19)20/h7-9H,3-6H2,1-2H3,(H,19,20). The maximum absolute atomic E-state index is 10.8. The van der Waals surface area contributed by atoms with Gasteiger partial charge in [0, 0.05) is 18.7 Å². The molecule has 0 amide bonds. The van der Waals surface area contributed by atoms with Gasteiger partial charge in [-0.25, -0.2) is 9.97 Å². The molecular formula is C14H18ClN3O2. The number of carboxylic acids is 1. The molecule has 2 rings (SSSR count). The third-order valence-electron chi connectivity index (χ3n) is 3.48. The average Bonchev–Trinajstić information content (AvgIpc) is 2.75. The van der Waals surface area contributed by atoms with E-state index in [4.69, 9.17) is 16.7 Å². The summed E-state index contributed by atoms with van der Waals surface area (Å²) in [5.74, 6) is 0.383. The van der Waals surface area contributed by atoms with Crippen molar-refractivity contribution >= 4 is 28.7 Å². The molecule has 0 aliphatic rings. The van der Waals surface area contributed by atoms with E-state index in [9.17, 15) is 4.79 Å². The molecule has 0 aliphatic heterocycles. The largest absolute Gasteiger partial charge is 0.481 e. The summed E-state index contributed by atoms with van der Waals surface area (Å²) in [5.41, 5.74) is 1.43. The zero-order valence-corrected chi connectivity index (χ0v) is 12.4. The molecule has 5 nitrogen and oxygen atoms in total. The molecule has 2 aromatic rings. The van der Waals surface area contributed by atoms with Crippen molar-refractivity contribution in [1.29, 1.82) is 0 Å². The van der Waals surface area contributed by atoms with Crippen molar-refractivity contribution < 1.29 is 9.90 Å². The summed E-state index contributed by atoms with van der Waals surface area (Å²) in [6, 6.07) is 1.77. The van der Waals surface area contributed by atoms with Crippen LogP contribution in [0.2, 0.25) is 5.02 Å². The number of fused-ring (bicyclic) bond motifs is 1. The smallest absolute Gasteiger partial charge is 0.305 e. The molecule has 0 saturated carbocycles. The van der Waals surface area contributed by atoms with Crippen molar-refractivity contribution in [3.8, 4) is 0 Å². The Morgan fingerprint density at radius 1 is 1.45 bits per heavy atom. The number of hydrogen-bond acceptors (Lipinski definition) is 3. The predicted octanol–water partition coefficient (Wildman–Crippen LogP) is 3.46. The molecule has 2 aromatic heterocycles. The maximum atomic E-state index is 10.8. The van der Waals surface area contributed by atoms with Crippen LogP contribution < -0.4 is 0 Å². The van der Waals surface area contributed by atoms with E-state index >= 15 is 0 Å². The Balaban J connectivity index is 2.52. The number of aryl methyl sites for hydroxylation is 1. The molecule has 1 N–H and O–H groups in total. The molecule has 20 heavy (non-hydrogen) atoms. The van der Waals surface area contributed by atoms with Gasteiger partial charge in [-0.15, -0.1) is 0 Å². The minimum atomic E-state index is -0.823. The highest BCUT2D eigenvalue weighted by molar-refractivity contribution is 6.31. The number of aromatic nitrogens is 3. The second-order valence-corrected chi connectivity index (χ2v) is 5.21. The third kappa shape index (κ3) is 2.93. The first kappa shape index (κ1) is 14.8. The number of pyridine rings is 1. The summed E-state index contributed by atoms with van der Waals surface area (Å²) < 4.78 is 1.91. The minimum absolute atomic E-state index is 0.0584. The molecule has 0 aliphatic carbocycles. The van der Waals surface area contributed by atoms with Gasteiger partial charge in [-0.2, -0.15) is 0 Å². The molecule has 0 bridgehead atoms. The Kier molecular flexibility index (Phi) is 4.60. The van der Waals surface area contributed by atoms with E-state index in [-0.39, 0.29) is 6.42 Å². The molecule has 0 radical (unpaired) electrons. The number of aliphatic carboxylic acids is 1. The van der Waals surface area contributed by atoms with Crippen molar-refractivity contribution in [2.75, 3.05) is 0 Å². The SMILES string of the molecule is CCC(CC)c1nc2cc(Cl)cnc2n1CCC(=O)O. The van der Waals surface area contributed by atoms with Crippen molar-refractivity contribution in [3.05, 3.63) is 23.1 Å². The minimum Gasteiger partial charge on any atom is -0.481 e. The molecule has 6 heteroatoms. The van der Waals surface area contributed by atoms with Crippen molar-refractivity contribution in [3.63, 3.8) is 0 Å². The van der Waals surface area contributed by atoms with Gasteiger partial charge >= 0.3 is 5.97 Å². The Labute approximate surface area is 122 Å². The number of carboxylic acid groups (broad SMARTS) is 1. The Bertz CT molecular complexity index is 620. The molecule has 0 aromatic carbocycles. The second kappa shape index (κ2) is 6.22. The fraction of sp³-hybridized carbons (Fsp3) is 0.500. The van der Waals surface area contributed by atoms with Crippen LogP contribution in [0.4, 0.5) is 0 Å². The molecule has 0 saturated heterocycles. The van der Waals surface area contributed by atoms with E-state index in [1.807, 2.05) is 4.57 Å². The molecule has 0 spiro atoms. The quantitative estimate of drug-likeness (QED) is 0.886. The normalized spacial score (nSPS) is 11.4. The number of imidazole rings is 1. The molecule has 2 heterocycles. The zero-order valence-electron chi connectivity index (χ0n) is 11.6. The molecule has 0 atom stereocenters. The fourth-order valence-electron chi connectivity index (χ4n) is 2.40.